The lowest BCUT2D eigenvalue weighted by Crippen LogP contribution is -2.25. The Balaban J connectivity index is 1.57. The van der Waals surface area contributed by atoms with E-state index < -0.39 is 0 Å². The summed E-state index contributed by atoms with van der Waals surface area (Å²) in [6, 6.07) is 14.5. The van der Waals surface area contributed by atoms with Crippen LogP contribution >= 0.6 is 23.2 Å². The lowest BCUT2D eigenvalue weighted by Gasteiger charge is -2.07. The Morgan fingerprint density at radius 3 is 2.42 bits per heavy atom. The van der Waals surface area contributed by atoms with Crippen LogP contribution in [0.1, 0.15) is 15.9 Å². The van der Waals surface area contributed by atoms with Crippen LogP contribution in [0.2, 0.25) is 10.0 Å². The Hall–Kier alpha value is -2.30. The van der Waals surface area contributed by atoms with Gasteiger partial charge in [0.25, 0.3) is 5.91 Å². The van der Waals surface area contributed by atoms with Crippen LogP contribution in [0.15, 0.2) is 60.9 Å². The summed E-state index contributed by atoms with van der Waals surface area (Å²) in [6.07, 6.45) is 4.23. The molecule has 0 atom stereocenters. The van der Waals surface area contributed by atoms with E-state index in [0.29, 0.717) is 28.6 Å². The zero-order valence-electron chi connectivity index (χ0n) is 12.7. The largest absolute Gasteiger partial charge is 0.352 e. The van der Waals surface area contributed by atoms with Gasteiger partial charge in [0.05, 0.1) is 5.69 Å². The molecule has 1 aromatic heterocycles. The lowest BCUT2D eigenvalue weighted by molar-refractivity contribution is 0.0954. The minimum Gasteiger partial charge on any atom is -0.352 e. The van der Waals surface area contributed by atoms with Gasteiger partial charge in [0.15, 0.2) is 0 Å². The molecule has 3 aromatic rings. The van der Waals surface area contributed by atoms with Gasteiger partial charge in [-0.1, -0.05) is 23.2 Å². The molecule has 0 aliphatic heterocycles. The predicted molar refractivity (Wildman–Crippen MR) is 96.1 cm³/mol. The van der Waals surface area contributed by atoms with Crippen molar-refractivity contribution in [2.24, 2.45) is 0 Å². The van der Waals surface area contributed by atoms with E-state index in [0.717, 1.165) is 11.3 Å². The molecule has 1 amide bonds. The maximum Gasteiger partial charge on any atom is 0.251 e. The van der Waals surface area contributed by atoms with Gasteiger partial charge < -0.3 is 5.32 Å². The Morgan fingerprint density at radius 1 is 1.08 bits per heavy atom. The summed E-state index contributed by atoms with van der Waals surface area (Å²) in [5.41, 5.74) is 2.50. The summed E-state index contributed by atoms with van der Waals surface area (Å²) >= 11 is 11.9. The van der Waals surface area contributed by atoms with E-state index in [4.69, 9.17) is 23.2 Å². The van der Waals surface area contributed by atoms with Crippen LogP contribution in [-0.4, -0.2) is 22.2 Å². The fraction of sp³-hybridized carbons (Fsp3) is 0.111. The molecule has 3 rings (SSSR count). The molecule has 24 heavy (non-hydrogen) atoms. The first-order chi connectivity index (χ1) is 11.6. The molecule has 0 spiro atoms. The van der Waals surface area contributed by atoms with Crippen LogP contribution in [0.4, 0.5) is 0 Å². The Bertz CT molecular complexity index is 810. The molecule has 0 saturated heterocycles. The van der Waals surface area contributed by atoms with Gasteiger partial charge >= 0.3 is 0 Å². The third kappa shape index (κ3) is 4.16. The lowest BCUT2D eigenvalue weighted by atomic mass is 10.1. The van der Waals surface area contributed by atoms with Crippen molar-refractivity contribution < 1.29 is 4.79 Å². The van der Waals surface area contributed by atoms with E-state index in [-0.39, 0.29) is 5.91 Å². The minimum absolute atomic E-state index is 0.116. The predicted octanol–water partition coefficient (Wildman–Crippen LogP) is 4.15. The molecule has 0 aliphatic rings. The molecule has 1 heterocycles. The van der Waals surface area contributed by atoms with Crippen LogP contribution in [0.25, 0.3) is 5.69 Å². The van der Waals surface area contributed by atoms with Gasteiger partial charge in [0, 0.05) is 34.5 Å². The third-order valence-corrected chi connectivity index (χ3v) is 3.96. The first-order valence-corrected chi connectivity index (χ1v) is 8.21. The van der Waals surface area contributed by atoms with Gasteiger partial charge in [-0.25, -0.2) is 4.68 Å². The quantitative estimate of drug-likeness (QED) is 0.743. The first-order valence-electron chi connectivity index (χ1n) is 7.45. The van der Waals surface area contributed by atoms with Gasteiger partial charge in [0.1, 0.15) is 0 Å². The summed E-state index contributed by atoms with van der Waals surface area (Å²) < 4.78 is 1.74. The molecule has 1 N–H and O–H groups in total. The normalized spacial score (nSPS) is 10.6. The summed E-state index contributed by atoms with van der Waals surface area (Å²) in [7, 11) is 0. The number of nitrogens with zero attached hydrogens (tertiary/aromatic N) is 2. The SMILES string of the molecule is O=C(NCCc1cc(Cl)cc(Cl)c1)c1ccc(-n2cccn2)cc1. The fourth-order valence-electron chi connectivity index (χ4n) is 2.36. The van der Waals surface area contributed by atoms with Crippen LogP contribution in [0.5, 0.6) is 0 Å². The number of hydrogen-bond acceptors (Lipinski definition) is 2. The van der Waals surface area contributed by atoms with E-state index in [1.165, 1.54) is 0 Å². The molecule has 6 heteroatoms. The second-order valence-corrected chi connectivity index (χ2v) is 6.15. The van der Waals surface area contributed by atoms with Crippen molar-refractivity contribution in [3.63, 3.8) is 0 Å². The molecule has 2 aromatic carbocycles. The molecule has 0 bridgehead atoms. The van der Waals surface area contributed by atoms with Crippen LogP contribution in [-0.2, 0) is 6.42 Å². The molecule has 0 fully saturated rings. The van der Waals surface area contributed by atoms with Gasteiger partial charge in [0.2, 0.25) is 0 Å². The summed E-state index contributed by atoms with van der Waals surface area (Å²) in [5, 5.41) is 8.24. The molecule has 0 unspecified atom stereocenters. The molecule has 0 saturated carbocycles. The van der Waals surface area contributed by atoms with Crippen molar-refractivity contribution in [1.29, 1.82) is 0 Å². The van der Waals surface area contributed by atoms with E-state index in [2.05, 4.69) is 10.4 Å². The van der Waals surface area contributed by atoms with Crippen molar-refractivity contribution in [2.45, 2.75) is 6.42 Å². The summed E-state index contributed by atoms with van der Waals surface area (Å²) in [6.45, 7) is 0.510. The second kappa shape index (κ2) is 7.51. The van der Waals surface area contributed by atoms with Gasteiger partial charge in [-0.3, -0.25) is 4.79 Å². The topological polar surface area (TPSA) is 46.9 Å². The highest BCUT2D eigenvalue weighted by molar-refractivity contribution is 6.34. The maximum atomic E-state index is 12.2. The van der Waals surface area contributed by atoms with Crippen LogP contribution < -0.4 is 5.32 Å². The van der Waals surface area contributed by atoms with E-state index in [9.17, 15) is 4.79 Å². The smallest absolute Gasteiger partial charge is 0.251 e. The molecule has 0 aliphatic carbocycles. The average Bonchev–Trinajstić information content (AvgIpc) is 3.08. The fourth-order valence-corrected chi connectivity index (χ4v) is 2.94. The third-order valence-electron chi connectivity index (χ3n) is 3.52. The van der Waals surface area contributed by atoms with Crippen molar-refractivity contribution in [2.75, 3.05) is 6.54 Å². The number of carbonyl (C=O) groups is 1. The van der Waals surface area contributed by atoms with E-state index in [1.807, 2.05) is 36.5 Å². The number of benzene rings is 2. The Morgan fingerprint density at radius 2 is 1.79 bits per heavy atom. The maximum absolute atomic E-state index is 12.2. The highest BCUT2D eigenvalue weighted by Gasteiger charge is 2.06. The zero-order valence-corrected chi connectivity index (χ0v) is 14.3. The monoisotopic (exact) mass is 359 g/mol. The highest BCUT2D eigenvalue weighted by atomic mass is 35.5. The first kappa shape index (κ1) is 16.6. The molecular formula is C18H15Cl2N3O. The number of amides is 1. The second-order valence-electron chi connectivity index (χ2n) is 5.28. The highest BCUT2D eigenvalue weighted by Crippen LogP contribution is 2.19. The number of nitrogens with one attached hydrogen (secondary N) is 1. The van der Waals surface area contributed by atoms with Crippen molar-refractivity contribution in [3.05, 3.63) is 82.1 Å². The van der Waals surface area contributed by atoms with Gasteiger partial charge in [-0.05, 0) is 60.5 Å². The average molecular weight is 360 g/mol. The van der Waals surface area contributed by atoms with Crippen molar-refractivity contribution >= 4 is 29.1 Å². The molecule has 4 nitrogen and oxygen atoms in total. The Kier molecular flexibility index (Phi) is 5.18. The zero-order chi connectivity index (χ0) is 16.9. The minimum atomic E-state index is -0.116. The van der Waals surface area contributed by atoms with Crippen molar-refractivity contribution in [1.82, 2.24) is 15.1 Å². The number of aromatic nitrogens is 2. The van der Waals surface area contributed by atoms with Crippen LogP contribution in [0.3, 0.4) is 0 Å². The van der Waals surface area contributed by atoms with E-state index >= 15 is 0 Å². The molecular weight excluding hydrogens is 345 g/mol. The van der Waals surface area contributed by atoms with Crippen molar-refractivity contribution in [3.8, 4) is 5.69 Å². The molecule has 0 radical (unpaired) electrons. The number of rotatable bonds is 5. The molecule has 122 valence electrons. The Labute approximate surface area is 150 Å². The standard InChI is InChI=1S/C18H15Cl2N3O/c19-15-10-13(11-16(20)12-15)6-8-21-18(24)14-2-4-17(5-3-14)23-9-1-7-22-23/h1-5,7,9-12H,6,8H2,(H,21,24). The summed E-state index contributed by atoms with van der Waals surface area (Å²) in [5.74, 6) is -0.116. The number of hydrogen-bond donors (Lipinski definition) is 1. The van der Waals surface area contributed by atoms with Gasteiger partial charge in [-0.15, -0.1) is 0 Å². The summed E-state index contributed by atoms with van der Waals surface area (Å²) in [4.78, 5) is 12.2. The number of halogens is 2. The number of carbonyl (C=O) groups excluding carboxylic acids is 1. The van der Waals surface area contributed by atoms with Crippen LogP contribution in [0, 0.1) is 0 Å². The van der Waals surface area contributed by atoms with Gasteiger partial charge in [-0.2, -0.15) is 5.10 Å². The van der Waals surface area contributed by atoms with E-state index in [1.54, 1.807) is 29.1 Å².